The molecular weight excluding hydrogens is 704 g/mol. The molecule has 0 N–H and O–H groups in total. The number of imide groups is 2. The largest absolute Gasteiger partial charge is 0.276 e. The molecule has 0 aliphatic heterocycles. The molecule has 0 fully saturated rings. The fourth-order valence-corrected chi connectivity index (χ4v) is 7.41. The van der Waals surface area contributed by atoms with E-state index in [0.717, 1.165) is 9.80 Å². The van der Waals surface area contributed by atoms with Crippen molar-refractivity contribution in [2.45, 2.75) is 27.7 Å². The van der Waals surface area contributed by atoms with E-state index in [4.69, 9.17) is 11.6 Å². The number of nitrogens with zero attached hydrogens (tertiary/aromatic N) is 2. The molecule has 1 rings (SSSR count). The summed E-state index contributed by atoms with van der Waals surface area (Å²) >= 11 is 11.2. The van der Waals surface area contributed by atoms with Gasteiger partial charge < -0.3 is 0 Å². The van der Waals surface area contributed by atoms with Crippen LogP contribution >= 0.6 is 79.4 Å². The van der Waals surface area contributed by atoms with Crippen LogP contribution in [-0.4, -0.2) is 28.9 Å². The third-order valence-electron chi connectivity index (χ3n) is 3.17. The summed E-state index contributed by atoms with van der Waals surface area (Å²) < 4.78 is 0.851. The van der Waals surface area contributed by atoms with Crippen LogP contribution in [0.4, 0.5) is 11.4 Å². The number of benzene rings is 1. The molecule has 0 radical (unpaired) electrons. The third-order valence-corrected chi connectivity index (χ3v) is 6.49. The van der Waals surface area contributed by atoms with Gasteiger partial charge in [0.15, 0.2) is 0 Å². The van der Waals surface area contributed by atoms with Crippen molar-refractivity contribution in [2.24, 2.45) is 0 Å². The van der Waals surface area contributed by atoms with Crippen LogP contribution in [0.1, 0.15) is 38.1 Å². The molecule has 0 unspecified atom stereocenters. The number of halogens is 4. The predicted molar refractivity (Wildman–Crippen MR) is 122 cm³/mol. The van der Waals surface area contributed by atoms with E-state index in [1.165, 1.54) is 27.7 Å². The Balaban J connectivity index is 4.15. The minimum atomic E-state index is -0.836. The third kappa shape index (κ3) is 4.55. The van der Waals surface area contributed by atoms with Crippen LogP contribution in [0, 0.1) is 10.7 Å². The Bertz CT molecular complexity index is 769. The SMILES string of the molecule is CC(=O)N(C(C)=O)c1c(I)c(C(=O)Cl)c(I)c(N(C(C)=O)C(C)=O)c1I. The maximum absolute atomic E-state index is 12.0. The van der Waals surface area contributed by atoms with Crippen molar-refractivity contribution in [1.82, 2.24) is 0 Å². The zero-order valence-corrected chi connectivity index (χ0v) is 21.2. The first-order chi connectivity index (χ1) is 11.8. The summed E-state index contributed by atoms with van der Waals surface area (Å²) in [6.07, 6.45) is 0. The van der Waals surface area contributed by atoms with Gasteiger partial charge in [-0.25, -0.2) is 9.80 Å². The van der Waals surface area contributed by atoms with Crippen LogP contribution < -0.4 is 9.80 Å². The molecule has 1 aromatic carbocycles. The highest BCUT2D eigenvalue weighted by Crippen LogP contribution is 2.43. The molecule has 0 heterocycles. The van der Waals surface area contributed by atoms with Gasteiger partial charge >= 0.3 is 0 Å². The van der Waals surface area contributed by atoms with Crippen LogP contribution in [0.5, 0.6) is 0 Å². The summed E-state index contributed by atoms with van der Waals surface area (Å²) in [5.41, 5.74) is 0.231. The fraction of sp³-hybridized carbons (Fsp3) is 0.267. The molecule has 0 aliphatic rings. The number of carbonyl (C=O) groups is 5. The van der Waals surface area contributed by atoms with E-state index >= 15 is 0 Å². The quantitative estimate of drug-likeness (QED) is 0.352. The molecule has 26 heavy (non-hydrogen) atoms. The van der Waals surface area contributed by atoms with Gasteiger partial charge in [-0.2, -0.15) is 0 Å². The highest BCUT2D eigenvalue weighted by molar-refractivity contribution is 14.1. The van der Waals surface area contributed by atoms with Crippen molar-refractivity contribution in [1.29, 1.82) is 0 Å². The Kier molecular flexibility index (Phi) is 8.41. The van der Waals surface area contributed by atoms with Crippen molar-refractivity contribution >= 4 is 120 Å². The summed E-state index contributed by atoms with van der Waals surface area (Å²) in [4.78, 5) is 61.9. The van der Waals surface area contributed by atoms with Crippen molar-refractivity contribution < 1.29 is 24.0 Å². The molecule has 140 valence electrons. The lowest BCUT2D eigenvalue weighted by Gasteiger charge is -2.28. The first kappa shape index (κ1) is 23.7. The highest BCUT2D eigenvalue weighted by atomic mass is 127. The lowest BCUT2D eigenvalue weighted by Crippen LogP contribution is -2.38. The second-order valence-corrected chi connectivity index (χ2v) is 8.61. The molecule has 7 nitrogen and oxygen atoms in total. The van der Waals surface area contributed by atoms with Gasteiger partial charge in [0.1, 0.15) is 0 Å². The maximum atomic E-state index is 12.0. The van der Waals surface area contributed by atoms with E-state index in [-0.39, 0.29) is 24.1 Å². The zero-order chi connectivity index (χ0) is 20.5. The van der Waals surface area contributed by atoms with E-state index in [9.17, 15) is 24.0 Å². The summed E-state index contributed by atoms with van der Waals surface area (Å²) in [6, 6.07) is 0. The Labute approximate surface area is 195 Å². The van der Waals surface area contributed by atoms with Crippen molar-refractivity contribution in [3.8, 4) is 0 Å². The first-order valence-electron chi connectivity index (χ1n) is 6.87. The monoisotopic (exact) mass is 716 g/mol. The number of rotatable bonds is 3. The average molecular weight is 716 g/mol. The minimum absolute atomic E-state index is 0.0123. The molecule has 1 aromatic rings. The average Bonchev–Trinajstić information content (AvgIpc) is 2.45. The highest BCUT2D eigenvalue weighted by Gasteiger charge is 2.33. The molecule has 11 heteroatoms. The second kappa shape index (κ2) is 9.23. The molecule has 0 saturated heterocycles. The molecular formula is C15H12ClI3N2O5. The van der Waals surface area contributed by atoms with Crippen LogP contribution in [0.3, 0.4) is 0 Å². The number of anilines is 2. The molecule has 0 saturated carbocycles. The number of amides is 4. The van der Waals surface area contributed by atoms with E-state index in [2.05, 4.69) is 0 Å². The molecule has 0 aliphatic carbocycles. The van der Waals surface area contributed by atoms with Crippen LogP contribution in [0.15, 0.2) is 0 Å². The smallest absolute Gasteiger partial charge is 0.254 e. The first-order valence-corrected chi connectivity index (χ1v) is 10.5. The lowest BCUT2D eigenvalue weighted by molar-refractivity contribution is -0.125. The minimum Gasteiger partial charge on any atom is -0.276 e. The van der Waals surface area contributed by atoms with E-state index < -0.39 is 28.9 Å². The topological polar surface area (TPSA) is 91.8 Å². The second-order valence-electron chi connectivity index (χ2n) is 5.03. The summed E-state index contributed by atoms with van der Waals surface area (Å²) in [6.45, 7) is 4.78. The van der Waals surface area contributed by atoms with E-state index in [0.29, 0.717) is 3.57 Å². The fourth-order valence-electron chi connectivity index (χ4n) is 2.28. The zero-order valence-electron chi connectivity index (χ0n) is 13.9. The van der Waals surface area contributed by atoms with Crippen LogP contribution in [0.2, 0.25) is 0 Å². The van der Waals surface area contributed by atoms with Crippen molar-refractivity contribution in [2.75, 3.05) is 9.80 Å². The van der Waals surface area contributed by atoms with Gasteiger partial charge in [-0.15, -0.1) is 0 Å². The normalized spacial score (nSPS) is 10.3. The van der Waals surface area contributed by atoms with Gasteiger partial charge in [0, 0.05) is 27.7 Å². The van der Waals surface area contributed by atoms with Crippen molar-refractivity contribution in [3.63, 3.8) is 0 Å². The maximum Gasteiger partial charge on any atom is 0.254 e. The van der Waals surface area contributed by atoms with Gasteiger partial charge in [0.05, 0.1) is 27.6 Å². The van der Waals surface area contributed by atoms with Crippen molar-refractivity contribution in [3.05, 3.63) is 16.3 Å². The number of hydrogen-bond donors (Lipinski definition) is 0. The van der Waals surface area contributed by atoms with Gasteiger partial charge in [-0.3, -0.25) is 24.0 Å². The number of carbonyl (C=O) groups excluding carboxylic acids is 5. The summed E-state index contributed by atoms with van der Waals surface area (Å²) in [7, 11) is 0. The van der Waals surface area contributed by atoms with Crippen LogP contribution in [0.25, 0.3) is 0 Å². The molecule has 0 atom stereocenters. The van der Waals surface area contributed by atoms with E-state index in [1.54, 1.807) is 0 Å². The lowest BCUT2D eigenvalue weighted by atomic mass is 10.1. The van der Waals surface area contributed by atoms with Gasteiger partial charge in [-0.1, -0.05) is 0 Å². The molecule has 4 amide bonds. The van der Waals surface area contributed by atoms with Gasteiger partial charge in [0.25, 0.3) is 5.24 Å². The summed E-state index contributed by atoms with van der Waals surface area (Å²) in [5.74, 6) is -2.31. The Morgan fingerprint density at radius 3 is 1.12 bits per heavy atom. The van der Waals surface area contributed by atoms with Gasteiger partial charge in [-0.05, 0) is 79.4 Å². The molecule has 0 aromatic heterocycles. The standard InChI is InChI=1S/C15H12ClI3N2O5/c1-5(22)20(6(2)23)13-10(17)9(15(16)26)11(18)14(12(13)19)21(7(3)24)8(4)25/h1-4H3. The summed E-state index contributed by atoms with van der Waals surface area (Å²) in [5, 5.41) is -0.836. The number of hydrogen-bond acceptors (Lipinski definition) is 5. The van der Waals surface area contributed by atoms with E-state index in [1.807, 2.05) is 67.8 Å². The Morgan fingerprint density at radius 2 is 0.923 bits per heavy atom. The predicted octanol–water partition coefficient (Wildman–Crippen LogP) is 3.68. The molecule has 0 bridgehead atoms. The van der Waals surface area contributed by atoms with Crippen LogP contribution in [-0.2, 0) is 19.2 Å². The van der Waals surface area contributed by atoms with Gasteiger partial charge in [0.2, 0.25) is 23.6 Å². The Morgan fingerprint density at radius 1 is 0.654 bits per heavy atom. The Hall–Kier alpha value is -0.350. The molecule has 0 spiro atoms.